The molecule has 0 aliphatic carbocycles. The molecule has 0 amide bonds. The largest absolute Gasteiger partial charge is 1.00 e. The van der Waals surface area contributed by atoms with Crippen molar-refractivity contribution in [2.45, 2.75) is 268 Å². The van der Waals surface area contributed by atoms with E-state index in [-0.39, 0.29) is 328 Å². The SMILES string of the molecule is C.CC(CC(CP(=O)([O-])CC(P(=O)([O-])[O-])P(=O)([O-])[O-])C(=O)O)S(=O)(=O)[O-].CCC(CC(C)(C)C(=O)O)P(=O)(O)O.CCCC(CC)CC(CC(CC)CC)CC(CC(CC)CC)CC(CC(CC(CC)CC)CC(CC)CC)CC(CP(=O)([O-])CCP(=O)([O-])[O-])C(=O)[O-].[Na+].[Na+].[Na+].[Na+].[Na+].[Na+].[Na+].[Na+].[Na+].[Na+]. The van der Waals surface area contributed by atoms with Crippen molar-refractivity contribution < 1.29 is 415 Å². The van der Waals surface area contributed by atoms with Crippen molar-refractivity contribution in [1.29, 1.82) is 0 Å². The van der Waals surface area contributed by atoms with Gasteiger partial charge in [0.1, 0.15) is 0 Å². The molecule has 0 bridgehead atoms. The maximum absolute atomic E-state index is 13.1. The maximum Gasteiger partial charge on any atom is 1.00 e. The van der Waals surface area contributed by atoms with Crippen LogP contribution in [0.1, 0.15) is 252 Å². The third kappa shape index (κ3) is 70.5. The Kier molecular flexibility index (Phi) is 102. The van der Waals surface area contributed by atoms with E-state index in [2.05, 4.69) is 69.2 Å². The fourth-order valence-electron chi connectivity index (χ4n) is 12.6. The number of hydrogen-bond donors (Lipinski definition) is 4. The topological polar surface area (TPSA) is 499 Å². The van der Waals surface area contributed by atoms with Crippen molar-refractivity contribution >= 4 is 73.1 Å². The van der Waals surface area contributed by atoms with E-state index >= 15 is 0 Å². The first-order valence-electron chi connectivity index (χ1n) is 33.1. The fraction of sp³-hybridized carbons (Fsp3) is 0.951. The smallest absolute Gasteiger partial charge is 0.811 e. The Morgan fingerprint density at radius 3 is 0.951 bits per heavy atom. The molecule has 560 valence electrons. The van der Waals surface area contributed by atoms with E-state index in [1.807, 2.05) is 0 Å². The third-order valence-electron chi connectivity index (χ3n) is 18.8. The van der Waals surface area contributed by atoms with Crippen LogP contribution in [0.3, 0.4) is 0 Å². The summed E-state index contributed by atoms with van der Waals surface area (Å²) >= 11 is 0. The van der Waals surface area contributed by atoms with Crippen molar-refractivity contribution in [3.63, 3.8) is 0 Å². The van der Waals surface area contributed by atoms with E-state index in [9.17, 15) is 99.0 Å². The van der Waals surface area contributed by atoms with Crippen LogP contribution in [-0.2, 0) is 51.9 Å². The average molecular weight is 1700 g/mol. The van der Waals surface area contributed by atoms with Gasteiger partial charge in [0.05, 0.1) is 27.1 Å². The molecule has 0 fully saturated rings. The number of carbonyl (C=O) groups excluding carboxylic acids is 1. The van der Waals surface area contributed by atoms with Gasteiger partial charge in [-0.05, 0) is 170 Å². The number of hydrogen-bond acceptors (Lipinski definition) is 21. The van der Waals surface area contributed by atoms with Gasteiger partial charge in [-0.25, -0.2) is 8.42 Å². The summed E-state index contributed by atoms with van der Waals surface area (Å²) in [4.78, 5) is 143. The van der Waals surface area contributed by atoms with Gasteiger partial charge in [-0.3, -0.25) is 14.2 Å². The molecule has 10 atom stereocenters. The molecule has 0 saturated carbocycles. The second-order valence-corrected chi connectivity index (χ2v) is 40.8. The standard InChI is InChI=1S/C44H90O7P2.C8H19O13P3S.C8H17O5P.CH4.10Na/c1-11-21-38(20-10)28-40(26-36(16-6)17-7)29-41(27-37(18-8)19-9)31-42(30-39(24-34(12-2)13-3)25-35(14-4)15-5)32-43(44(45)46)33-52(47,48)22-23-53(49,50)51;1-5(25(19,20)21)2-6(8(9)10)3-22(11,12)4-7(23(13,14)15)24(16,17)18;1-4-6(14(11,12)13)5-8(2,3)7(9)10;;;;;;;;;;;/h34-43H,11-33H2,1-10H3,(H,45,46)(H,47,48)(H2,49,50,51);5-7H,2-4H2,1H3,(H,9,10)(H,11,12)(H2,13,14,15)(H2,16,17,18)(H,19,20,21);6H,4-5H2,1-3H3,(H,9,10)(H2,11,12,13);1H4;;;;;;;;;;/q;;;;10*+1/p-10. The van der Waals surface area contributed by atoms with Crippen LogP contribution in [0.15, 0.2) is 0 Å². The second kappa shape index (κ2) is 72.9. The van der Waals surface area contributed by atoms with E-state index in [0.717, 1.165) is 84.0 Å². The van der Waals surface area contributed by atoms with Gasteiger partial charge in [0.15, 0.2) is 0 Å². The van der Waals surface area contributed by atoms with E-state index in [1.54, 1.807) is 6.92 Å². The molecule has 10 unspecified atom stereocenters. The van der Waals surface area contributed by atoms with Crippen molar-refractivity contribution in [2.75, 3.05) is 30.8 Å². The number of carboxylic acid groups (broad SMARTS) is 3. The predicted octanol–water partition coefficient (Wildman–Crippen LogP) is -21.6. The number of rotatable bonds is 50. The summed E-state index contributed by atoms with van der Waals surface area (Å²) in [6.45, 7) is 28.2. The number of carbonyl (C=O) groups is 3. The normalized spacial score (nSPS) is 15.2. The minimum Gasteiger partial charge on any atom is -0.811 e. The molecule has 0 saturated heterocycles. The monoisotopic (exact) mass is 1700 g/mol. The molecule has 0 rings (SSSR count). The summed E-state index contributed by atoms with van der Waals surface area (Å²) < 4.78 is 101. The molecular weight excluding hydrogens is 1580 g/mol. The van der Waals surface area contributed by atoms with Crippen molar-refractivity contribution in [2.24, 2.45) is 70.5 Å². The summed E-state index contributed by atoms with van der Waals surface area (Å²) in [6, 6.07) is 0. The Hall–Kier alpha value is 9.30. The Labute approximate surface area is 843 Å². The van der Waals surface area contributed by atoms with Crippen LogP contribution in [-0.4, -0.2) is 98.0 Å². The van der Waals surface area contributed by atoms with Crippen LogP contribution in [0.2, 0.25) is 0 Å². The first-order valence-corrected chi connectivity index (χ1v) is 45.2. The Bertz CT molecular complexity index is 2510. The first-order chi connectivity index (χ1) is 41.8. The van der Waals surface area contributed by atoms with Crippen LogP contribution in [0.5, 0.6) is 0 Å². The van der Waals surface area contributed by atoms with E-state index < -0.39 is 144 Å². The minimum absolute atomic E-state index is 0. The van der Waals surface area contributed by atoms with Gasteiger partial charge in [0, 0.05) is 49.6 Å². The van der Waals surface area contributed by atoms with Crippen LogP contribution < -0.4 is 340 Å². The zero-order valence-electron chi connectivity index (χ0n) is 67.3. The Morgan fingerprint density at radius 2 is 0.718 bits per heavy atom. The molecule has 0 aliphatic heterocycles. The van der Waals surface area contributed by atoms with Gasteiger partial charge < -0.3 is 96.4 Å². The summed E-state index contributed by atoms with van der Waals surface area (Å²) in [6.07, 6.45) is 15.0. The van der Waals surface area contributed by atoms with Gasteiger partial charge in [-0.1, -0.05) is 177 Å². The van der Waals surface area contributed by atoms with Gasteiger partial charge >= 0.3 is 315 Å². The van der Waals surface area contributed by atoms with Crippen LogP contribution in [0.4, 0.5) is 0 Å². The summed E-state index contributed by atoms with van der Waals surface area (Å²) in [7, 11) is -36.2. The Morgan fingerprint density at radius 1 is 0.427 bits per heavy atom. The minimum atomic E-state index is -6.17. The first kappa shape index (κ1) is 144. The molecule has 42 heteroatoms. The van der Waals surface area contributed by atoms with E-state index in [0.29, 0.717) is 47.3 Å². The van der Waals surface area contributed by atoms with E-state index in [1.165, 1.54) is 58.8 Å². The van der Waals surface area contributed by atoms with Crippen LogP contribution >= 0.6 is 45.1 Å². The molecular formula is C61H120Na10O25P6S. The Balaban J connectivity index is -0.000000111. The number of aliphatic carboxylic acids is 3. The van der Waals surface area contributed by atoms with Gasteiger partial charge in [0.25, 0.3) is 0 Å². The van der Waals surface area contributed by atoms with Crippen LogP contribution in [0, 0.1) is 70.5 Å². The molecule has 0 spiro atoms. The van der Waals surface area contributed by atoms with Crippen molar-refractivity contribution in [1.82, 2.24) is 0 Å². The van der Waals surface area contributed by atoms with Crippen LogP contribution in [0.25, 0.3) is 0 Å². The fourth-order valence-corrected chi connectivity index (χ4v) is 23.7. The van der Waals surface area contributed by atoms with Gasteiger partial charge in [-0.15, -0.1) is 0 Å². The third-order valence-corrected chi connectivity index (χ3v) is 30.5. The molecule has 0 radical (unpaired) electrons. The number of carboxylic acids is 3. The molecule has 0 aromatic rings. The summed E-state index contributed by atoms with van der Waals surface area (Å²) in [5.74, 6) is -2.87. The van der Waals surface area contributed by atoms with E-state index in [4.69, 9.17) is 20.0 Å². The molecule has 4 N–H and O–H groups in total. The molecule has 0 aromatic heterocycles. The molecule has 0 aromatic carbocycles. The predicted molar refractivity (Wildman–Crippen MR) is 349 cm³/mol. The molecule has 0 aliphatic rings. The summed E-state index contributed by atoms with van der Waals surface area (Å²) in [5, 5.41) is 25.3. The maximum atomic E-state index is 13.1. The second-order valence-electron chi connectivity index (χ2n) is 26.8. The molecule has 103 heavy (non-hydrogen) atoms. The molecule has 0 heterocycles. The zero-order chi connectivity index (χ0) is 72.6. The van der Waals surface area contributed by atoms with Gasteiger partial charge in [-0.2, -0.15) is 0 Å². The molecule has 25 nitrogen and oxygen atoms in total. The van der Waals surface area contributed by atoms with Crippen molar-refractivity contribution in [3.05, 3.63) is 0 Å². The van der Waals surface area contributed by atoms with Crippen molar-refractivity contribution in [3.8, 4) is 0 Å². The van der Waals surface area contributed by atoms with Gasteiger partial charge in [0.2, 0.25) is 0 Å². The quantitative estimate of drug-likeness (QED) is 0.0250. The zero-order valence-corrected chi connectivity index (χ0v) is 93.5. The average Bonchev–Trinajstić information content (AvgIpc) is 0.812. The summed E-state index contributed by atoms with van der Waals surface area (Å²) in [5.41, 5.74) is -1.96.